The summed E-state index contributed by atoms with van der Waals surface area (Å²) in [7, 11) is 0. The molecule has 0 radical (unpaired) electrons. The van der Waals surface area contributed by atoms with Gasteiger partial charge in [-0.3, -0.25) is 4.79 Å². The summed E-state index contributed by atoms with van der Waals surface area (Å²) in [6.07, 6.45) is -0.392. The molecule has 2 N–H and O–H groups in total. The van der Waals surface area contributed by atoms with E-state index in [1.165, 1.54) is 0 Å². The quantitative estimate of drug-likeness (QED) is 0.662. The maximum Gasteiger partial charge on any atom is 0.405 e. The van der Waals surface area contributed by atoms with E-state index in [2.05, 4.69) is 5.32 Å². The molecule has 17 heavy (non-hydrogen) atoms. The Morgan fingerprint density at radius 2 is 2.00 bits per heavy atom. The lowest BCUT2D eigenvalue weighted by Gasteiger charge is -2.14. The zero-order chi connectivity index (χ0) is 13.3. The number of hydrogen-bond acceptors (Lipinski definition) is 3. The van der Waals surface area contributed by atoms with Crippen LogP contribution in [0.3, 0.4) is 0 Å². The fourth-order valence-electron chi connectivity index (χ4n) is 1.12. The zero-order valence-electron chi connectivity index (χ0n) is 10.1. The summed E-state index contributed by atoms with van der Waals surface area (Å²) in [5, 5.41) is 4.73. The van der Waals surface area contributed by atoms with Crippen LogP contribution in [0.15, 0.2) is 0 Å². The number of carbonyl (C=O) groups excluding carboxylic acids is 1. The highest BCUT2D eigenvalue weighted by Gasteiger charge is 2.28. The molecule has 0 aliphatic rings. The van der Waals surface area contributed by atoms with Crippen molar-refractivity contribution < 1.29 is 18.0 Å². The van der Waals surface area contributed by atoms with Gasteiger partial charge in [0, 0.05) is 0 Å². The van der Waals surface area contributed by atoms with E-state index in [0.29, 0.717) is 6.54 Å². The number of thioether (sulfide) groups is 1. The molecule has 0 saturated carbocycles. The minimum Gasteiger partial charge on any atom is -0.346 e. The van der Waals surface area contributed by atoms with Crippen molar-refractivity contribution >= 4 is 17.7 Å². The lowest BCUT2D eigenvalue weighted by atomic mass is 10.2. The molecule has 3 nitrogen and oxygen atoms in total. The second-order valence-corrected chi connectivity index (χ2v) is 4.69. The number of halogens is 3. The van der Waals surface area contributed by atoms with Crippen molar-refractivity contribution in [1.29, 1.82) is 0 Å². The molecule has 0 bridgehead atoms. The molecule has 1 amide bonds. The Hall–Kier alpha value is -0.430. The van der Waals surface area contributed by atoms with E-state index >= 15 is 0 Å². The summed E-state index contributed by atoms with van der Waals surface area (Å²) in [6, 6.07) is -0.591. The van der Waals surface area contributed by atoms with Crippen LogP contribution in [0.1, 0.15) is 19.8 Å². The van der Waals surface area contributed by atoms with E-state index in [9.17, 15) is 18.0 Å². The predicted octanol–water partition coefficient (Wildman–Crippen LogP) is 1.79. The standard InChI is InChI=1S/C10H19F3N2OS/c1-8(14-5-3-4-6-17-2)9(16)15-7-10(11,12)13/h8,14H,3-7H2,1-2H3,(H,15,16). The third-order valence-corrected chi connectivity index (χ3v) is 2.78. The number of alkyl halides is 3. The first-order valence-corrected chi connectivity index (χ1v) is 6.83. The van der Waals surface area contributed by atoms with Gasteiger partial charge in [0.2, 0.25) is 5.91 Å². The average Bonchev–Trinajstić information content (AvgIpc) is 2.24. The predicted molar refractivity (Wildman–Crippen MR) is 64.1 cm³/mol. The first kappa shape index (κ1) is 16.6. The smallest absolute Gasteiger partial charge is 0.346 e. The van der Waals surface area contributed by atoms with Crippen molar-refractivity contribution in [1.82, 2.24) is 10.6 Å². The van der Waals surface area contributed by atoms with E-state index < -0.39 is 24.7 Å². The molecule has 0 aromatic heterocycles. The van der Waals surface area contributed by atoms with Crippen LogP contribution in [-0.4, -0.2) is 43.2 Å². The van der Waals surface area contributed by atoms with Gasteiger partial charge in [0.25, 0.3) is 0 Å². The molecule has 102 valence electrons. The number of rotatable bonds is 8. The SMILES string of the molecule is CSCCCCNC(C)C(=O)NCC(F)(F)F. The van der Waals surface area contributed by atoms with E-state index in [1.807, 2.05) is 11.6 Å². The van der Waals surface area contributed by atoms with Gasteiger partial charge in [-0.2, -0.15) is 24.9 Å². The van der Waals surface area contributed by atoms with Crippen molar-refractivity contribution in [2.45, 2.75) is 32.0 Å². The summed E-state index contributed by atoms with van der Waals surface area (Å²) >= 11 is 1.75. The van der Waals surface area contributed by atoms with Crippen molar-refractivity contribution in [2.75, 3.05) is 25.1 Å². The highest BCUT2D eigenvalue weighted by molar-refractivity contribution is 7.98. The Balaban J connectivity index is 3.61. The van der Waals surface area contributed by atoms with Crippen LogP contribution in [-0.2, 0) is 4.79 Å². The molecule has 0 heterocycles. The van der Waals surface area contributed by atoms with Gasteiger partial charge in [-0.05, 0) is 38.3 Å². The molecule has 0 fully saturated rings. The Labute approximate surface area is 104 Å². The van der Waals surface area contributed by atoms with Crippen molar-refractivity contribution in [3.8, 4) is 0 Å². The first-order valence-electron chi connectivity index (χ1n) is 5.43. The first-order chi connectivity index (χ1) is 7.87. The molecule has 1 unspecified atom stereocenters. The van der Waals surface area contributed by atoms with Gasteiger partial charge in [-0.1, -0.05) is 0 Å². The number of unbranched alkanes of at least 4 members (excludes halogenated alkanes) is 1. The third kappa shape index (κ3) is 10.4. The van der Waals surface area contributed by atoms with Crippen LogP contribution >= 0.6 is 11.8 Å². The van der Waals surface area contributed by atoms with Gasteiger partial charge in [0.15, 0.2) is 0 Å². The van der Waals surface area contributed by atoms with Crippen LogP contribution in [0.5, 0.6) is 0 Å². The van der Waals surface area contributed by atoms with E-state index in [0.717, 1.165) is 18.6 Å². The molecule has 0 aromatic carbocycles. The Morgan fingerprint density at radius 1 is 1.35 bits per heavy atom. The Morgan fingerprint density at radius 3 is 2.53 bits per heavy atom. The summed E-state index contributed by atoms with van der Waals surface area (Å²) in [6.45, 7) is 0.922. The average molecular weight is 272 g/mol. The van der Waals surface area contributed by atoms with Crippen molar-refractivity contribution in [2.24, 2.45) is 0 Å². The second-order valence-electron chi connectivity index (χ2n) is 3.71. The van der Waals surface area contributed by atoms with Gasteiger partial charge in [0.1, 0.15) is 6.54 Å². The minimum absolute atomic E-state index is 0.591. The fraction of sp³-hybridized carbons (Fsp3) is 0.900. The summed E-state index contributed by atoms with van der Waals surface area (Å²) in [5.74, 6) is 0.434. The van der Waals surface area contributed by atoms with E-state index in [1.54, 1.807) is 18.7 Å². The monoisotopic (exact) mass is 272 g/mol. The molecule has 0 saturated heterocycles. The summed E-state index contributed by atoms with van der Waals surface area (Å²) < 4.78 is 35.5. The summed E-state index contributed by atoms with van der Waals surface area (Å²) in [5.41, 5.74) is 0. The minimum atomic E-state index is -4.35. The highest BCUT2D eigenvalue weighted by atomic mass is 32.2. The van der Waals surface area contributed by atoms with Crippen LogP contribution in [0.2, 0.25) is 0 Å². The van der Waals surface area contributed by atoms with Crippen LogP contribution < -0.4 is 10.6 Å². The zero-order valence-corrected chi connectivity index (χ0v) is 10.9. The van der Waals surface area contributed by atoms with E-state index in [-0.39, 0.29) is 0 Å². The van der Waals surface area contributed by atoms with Crippen molar-refractivity contribution in [3.63, 3.8) is 0 Å². The lowest BCUT2D eigenvalue weighted by Crippen LogP contribution is -2.45. The van der Waals surface area contributed by atoms with Crippen molar-refractivity contribution in [3.05, 3.63) is 0 Å². The largest absolute Gasteiger partial charge is 0.405 e. The van der Waals surface area contributed by atoms with Crippen LogP contribution in [0.4, 0.5) is 13.2 Å². The number of hydrogen-bond donors (Lipinski definition) is 2. The molecule has 0 rings (SSSR count). The van der Waals surface area contributed by atoms with Crippen LogP contribution in [0, 0.1) is 0 Å². The maximum atomic E-state index is 11.8. The summed E-state index contributed by atoms with van der Waals surface area (Å²) in [4.78, 5) is 11.2. The van der Waals surface area contributed by atoms with Gasteiger partial charge in [-0.25, -0.2) is 0 Å². The van der Waals surface area contributed by atoms with Gasteiger partial charge < -0.3 is 10.6 Å². The van der Waals surface area contributed by atoms with Crippen LogP contribution in [0.25, 0.3) is 0 Å². The maximum absolute atomic E-state index is 11.8. The Kier molecular flexibility index (Phi) is 8.41. The molecule has 1 atom stereocenters. The highest BCUT2D eigenvalue weighted by Crippen LogP contribution is 2.12. The third-order valence-electron chi connectivity index (χ3n) is 2.08. The number of carbonyl (C=O) groups is 1. The molecule has 0 spiro atoms. The normalized spacial score (nSPS) is 13.5. The number of amides is 1. The second kappa shape index (κ2) is 8.63. The molecule has 7 heteroatoms. The fourth-order valence-corrected chi connectivity index (χ4v) is 1.62. The molecular weight excluding hydrogens is 253 g/mol. The van der Waals surface area contributed by atoms with Gasteiger partial charge in [0.05, 0.1) is 6.04 Å². The molecule has 0 aliphatic heterocycles. The van der Waals surface area contributed by atoms with Gasteiger partial charge in [-0.15, -0.1) is 0 Å². The van der Waals surface area contributed by atoms with E-state index in [4.69, 9.17) is 0 Å². The molecule has 0 aliphatic carbocycles. The Bertz CT molecular complexity index is 224. The molecular formula is C10H19F3N2OS. The van der Waals surface area contributed by atoms with Gasteiger partial charge >= 0.3 is 6.18 Å². The lowest BCUT2D eigenvalue weighted by molar-refractivity contribution is -0.139. The number of nitrogens with one attached hydrogen (secondary N) is 2. The molecule has 0 aromatic rings. The topological polar surface area (TPSA) is 41.1 Å².